The van der Waals surface area contributed by atoms with Gasteiger partial charge in [0.1, 0.15) is 23.4 Å². The van der Waals surface area contributed by atoms with E-state index in [1.807, 2.05) is 16.8 Å². The molecule has 0 spiro atoms. The van der Waals surface area contributed by atoms with Gasteiger partial charge in [0, 0.05) is 18.7 Å². The molecule has 1 saturated carbocycles. The Kier molecular flexibility index (Phi) is 4.53. The van der Waals surface area contributed by atoms with E-state index >= 15 is 0 Å². The number of hydrogen-bond acceptors (Lipinski definition) is 6. The predicted molar refractivity (Wildman–Crippen MR) is 111 cm³/mol. The quantitative estimate of drug-likeness (QED) is 0.627. The highest BCUT2D eigenvalue weighted by molar-refractivity contribution is 5.86. The Morgan fingerprint density at radius 1 is 1.14 bits per heavy atom. The van der Waals surface area contributed by atoms with Crippen LogP contribution in [0.15, 0.2) is 36.5 Å². The lowest BCUT2D eigenvalue weighted by atomic mass is 9.93. The van der Waals surface area contributed by atoms with Gasteiger partial charge in [-0.1, -0.05) is 24.3 Å². The third-order valence-electron chi connectivity index (χ3n) is 6.46. The molecule has 3 heterocycles. The van der Waals surface area contributed by atoms with Crippen LogP contribution in [0.25, 0.3) is 11.0 Å². The predicted octanol–water partition coefficient (Wildman–Crippen LogP) is 1.98. The van der Waals surface area contributed by atoms with Gasteiger partial charge in [0.2, 0.25) is 0 Å². The van der Waals surface area contributed by atoms with Crippen molar-refractivity contribution in [1.29, 1.82) is 0 Å². The average molecular weight is 393 g/mol. The molecule has 1 aliphatic heterocycles. The van der Waals surface area contributed by atoms with E-state index in [-0.39, 0.29) is 12.0 Å². The van der Waals surface area contributed by atoms with Crippen LogP contribution in [-0.2, 0) is 6.54 Å². The Bertz CT molecular complexity index is 1040. The number of likely N-dealkylation sites (tertiary alicyclic amines) is 1. The van der Waals surface area contributed by atoms with Crippen molar-refractivity contribution >= 4 is 16.9 Å². The fraction of sp³-hybridized carbons (Fsp3) is 0.455. The van der Waals surface area contributed by atoms with E-state index in [1.54, 1.807) is 6.92 Å². The smallest absolute Gasteiger partial charge is 0.146 e. The standard InChI is InChI=1S/C22H27N5O2/c1-13-24-21(23)16-6-9-27(22(16)25-13)18-11-17(19(28)20(18)29)15-5-2-4-14(10-15)12-26-7-3-8-26/h2,4-6,9-10,17-20,28-29H,3,7-8,11-12H2,1H3,(H2,23,24,25)/t17-,18-,19-,20+/m1/s1. The minimum atomic E-state index is -0.869. The van der Waals surface area contributed by atoms with Crippen LogP contribution in [0.3, 0.4) is 0 Å². The Morgan fingerprint density at radius 2 is 1.97 bits per heavy atom. The lowest BCUT2D eigenvalue weighted by Crippen LogP contribution is -2.36. The minimum Gasteiger partial charge on any atom is -0.390 e. The number of hydrogen-bond donors (Lipinski definition) is 3. The van der Waals surface area contributed by atoms with Gasteiger partial charge >= 0.3 is 0 Å². The summed E-state index contributed by atoms with van der Waals surface area (Å²) in [6.07, 6.45) is 2.11. The monoisotopic (exact) mass is 393 g/mol. The molecule has 29 heavy (non-hydrogen) atoms. The topological polar surface area (TPSA) is 100 Å². The molecule has 3 aromatic rings. The molecule has 1 saturated heterocycles. The summed E-state index contributed by atoms with van der Waals surface area (Å²) in [5.41, 5.74) is 9.09. The van der Waals surface area contributed by atoms with Crippen LogP contribution in [-0.4, -0.2) is 54.9 Å². The average Bonchev–Trinajstić information content (AvgIpc) is 3.20. The van der Waals surface area contributed by atoms with Crippen molar-refractivity contribution in [1.82, 2.24) is 19.4 Å². The molecule has 0 radical (unpaired) electrons. The summed E-state index contributed by atoms with van der Waals surface area (Å²) in [5.74, 6) is 0.914. The lowest BCUT2D eigenvalue weighted by Gasteiger charge is -2.31. The fourth-order valence-corrected chi connectivity index (χ4v) is 4.77. The zero-order chi connectivity index (χ0) is 20.1. The maximum absolute atomic E-state index is 10.9. The molecule has 1 aromatic carbocycles. The van der Waals surface area contributed by atoms with Crippen LogP contribution >= 0.6 is 0 Å². The van der Waals surface area contributed by atoms with Gasteiger partial charge in [-0.25, -0.2) is 9.97 Å². The first-order valence-electron chi connectivity index (χ1n) is 10.3. The molecule has 2 aromatic heterocycles. The van der Waals surface area contributed by atoms with Gasteiger partial charge in [-0.3, -0.25) is 4.90 Å². The summed E-state index contributed by atoms with van der Waals surface area (Å²) < 4.78 is 1.94. The molecule has 0 unspecified atom stereocenters. The Labute approximate surface area is 169 Å². The highest BCUT2D eigenvalue weighted by Gasteiger charge is 2.43. The van der Waals surface area contributed by atoms with Crippen molar-refractivity contribution in [2.24, 2.45) is 0 Å². The molecule has 1 aliphatic carbocycles. The van der Waals surface area contributed by atoms with Crippen LogP contribution < -0.4 is 5.73 Å². The molecule has 2 fully saturated rings. The van der Waals surface area contributed by atoms with Gasteiger partial charge in [-0.15, -0.1) is 0 Å². The Morgan fingerprint density at radius 3 is 2.72 bits per heavy atom. The van der Waals surface area contributed by atoms with E-state index in [9.17, 15) is 10.2 Å². The van der Waals surface area contributed by atoms with Crippen molar-refractivity contribution in [2.45, 2.75) is 50.5 Å². The molecular weight excluding hydrogens is 366 g/mol. The molecule has 152 valence electrons. The number of aromatic nitrogens is 3. The van der Waals surface area contributed by atoms with Gasteiger partial charge in [0.15, 0.2) is 0 Å². The molecular formula is C22H27N5O2. The SMILES string of the molecule is Cc1nc(N)c2ccn([C@@H]3C[C@H](c4cccc(CN5CCC5)c4)[C@@H](O)[C@H]3O)c2n1. The van der Waals surface area contributed by atoms with Gasteiger partial charge in [0.05, 0.1) is 17.5 Å². The second kappa shape index (κ2) is 7.09. The maximum Gasteiger partial charge on any atom is 0.146 e. The Hall–Kier alpha value is -2.48. The third-order valence-corrected chi connectivity index (χ3v) is 6.46. The van der Waals surface area contributed by atoms with E-state index in [0.717, 1.165) is 30.6 Å². The summed E-state index contributed by atoms with van der Waals surface area (Å²) in [5, 5.41) is 22.5. The number of anilines is 1. The first kappa shape index (κ1) is 18.5. The number of nitrogen functional groups attached to an aromatic ring is 1. The molecule has 7 heteroatoms. The zero-order valence-corrected chi connectivity index (χ0v) is 16.6. The van der Waals surface area contributed by atoms with Gasteiger partial charge in [0.25, 0.3) is 0 Å². The van der Waals surface area contributed by atoms with E-state index in [0.29, 0.717) is 23.7 Å². The summed E-state index contributed by atoms with van der Waals surface area (Å²) in [7, 11) is 0. The minimum absolute atomic E-state index is 0.121. The van der Waals surface area contributed by atoms with Gasteiger partial charge in [-0.2, -0.15) is 0 Å². The molecule has 4 N–H and O–H groups in total. The molecule has 7 nitrogen and oxygen atoms in total. The first-order valence-corrected chi connectivity index (χ1v) is 10.3. The van der Waals surface area contributed by atoms with E-state index in [2.05, 4.69) is 39.1 Å². The van der Waals surface area contributed by atoms with Crippen LogP contribution in [0.4, 0.5) is 5.82 Å². The van der Waals surface area contributed by atoms with E-state index in [4.69, 9.17) is 5.73 Å². The van der Waals surface area contributed by atoms with Gasteiger partial charge in [-0.05, 0) is 50.0 Å². The number of nitrogens with two attached hydrogens (primary N) is 1. The Balaban J connectivity index is 1.44. The lowest BCUT2D eigenvalue weighted by molar-refractivity contribution is 0.0179. The largest absolute Gasteiger partial charge is 0.390 e. The van der Waals surface area contributed by atoms with Crippen molar-refractivity contribution in [3.63, 3.8) is 0 Å². The number of rotatable bonds is 4. The van der Waals surface area contributed by atoms with E-state index in [1.165, 1.54) is 12.0 Å². The van der Waals surface area contributed by atoms with Crippen molar-refractivity contribution in [3.8, 4) is 0 Å². The molecule has 4 atom stereocenters. The van der Waals surface area contributed by atoms with Crippen LogP contribution in [0.1, 0.15) is 41.8 Å². The van der Waals surface area contributed by atoms with Crippen LogP contribution in [0, 0.1) is 6.92 Å². The summed E-state index contributed by atoms with van der Waals surface area (Å²) in [6, 6.07) is 10.0. The number of benzene rings is 1. The third kappa shape index (κ3) is 3.19. The number of fused-ring (bicyclic) bond motifs is 1. The fourth-order valence-electron chi connectivity index (χ4n) is 4.77. The summed E-state index contributed by atoms with van der Waals surface area (Å²) in [6.45, 7) is 5.06. The van der Waals surface area contributed by atoms with Crippen molar-refractivity contribution < 1.29 is 10.2 Å². The normalized spacial score (nSPS) is 27.4. The molecule has 0 bridgehead atoms. The number of nitrogens with zero attached hydrogens (tertiary/aromatic N) is 4. The second-order valence-electron chi connectivity index (χ2n) is 8.38. The second-order valence-corrected chi connectivity index (χ2v) is 8.38. The number of aliphatic hydroxyl groups is 2. The molecule has 0 amide bonds. The number of aliphatic hydroxyl groups excluding tert-OH is 2. The van der Waals surface area contributed by atoms with Crippen LogP contribution in [0.2, 0.25) is 0 Å². The number of aryl methyl sites for hydroxylation is 1. The van der Waals surface area contributed by atoms with E-state index < -0.39 is 12.2 Å². The van der Waals surface area contributed by atoms with Crippen molar-refractivity contribution in [2.75, 3.05) is 18.8 Å². The summed E-state index contributed by atoms with van der Waals surface area (Å²) in [4.78, 5) is 11.2. The maximum atomic E-state index is 10.9. The molecule has 5 rings (SSSR count). The summed E-state index contributed by atoms with van der Waals surface area (Å²) >= 11 is 0. The first-order chi connectivity index (χ1) is 14.0. The highest BCUT2D eigenvalue weighted by atomic mass is 16.3. The van der Waals surface area contributed by atoms with Gasteiger partial charge < -0.3 is 20.5 Å². The van der Waals surface area contributed by atoms with Crippen molar-refractivity contribution in [3.05, 3.63) is 53.5 Å². The highest BCUT2D eigenvalue weighted by Crippen LogP contribution is 2.43. The van der Waals surface area contributed by atoms with Crippen LogP contribution in [0.5, 0.6) is 0 Å². The zero-order valence-electron chi connectivity index (χ0n) is 16.6. The molecule has 2 aliphatic rings.